The molecule has 0 radical (unpaired) electrons. The number of rotatable bonds is 11. The number of carbonyl (C=O) groups excluding carboxylic acids is 2. The van der Waals surface area contributed by atoms with Crippen molar-refractivity contribution in [3.63, 3.8) is 0 Å². The molecule has 0 fully saturated rings. The molecule has 0 saturated carbocycles. The van der Waals surface area contributed by atoms with Gasteiger partial charge in [-0.25, -0.2) is 9.59 Å². The van der Waals surface area contributed by atoms with Gasteiger partial charge in [0.1, 0.15) is 0 Å². The van der Waals surface area contributed by atoms with E-state index in [2.05, 4.69) is 6.92 Å². The molecule has 4 heteroatoms. The summed E-state index contributed by atoms with van der Waals surface area (Å²) in [6.07, 6.45) is 6.17. The molecule has 0 spiro atoms. The Labute approximate surface area is 128 Å². The first kappa shape index (κ1) is 19.7. The smallest absolute Gasteiger partial charge is 0.334 e. The van der Waals surface area contributed by atoms with Crippen molar-refractivity contribution in [3.8, 4) is 0 Å². The topological polar surface area (TPSA) is 52.6 Å². The fourth-order valence-corrected chi connectivity index (χ4v) is 2.17. The van der Waals surface area contributed by atoms with E-state index in [4.69, 9.17) is 9.47 Å². The summed E-state index contributed by atoms with van der Waals surface area (Å²) in [7, 11) is 0. The molecule has 0 unspecified atom stereocenters. The molecule has 0 aromatic heterocycles. The second-order valence-electron chi connectivity index (χ2n) is 4.96. The summed E-state index contributed by atoms with van der Waals surface area (Å²) in [6.45, 7) is 8.31. The van der Waals surface area contributed by atoms with Gasteiger partial charge < -0.3 is 9.47 Å². The van der Waals surface area contributed by atoms with Crippen molar-refractivity contribution in [1.29, 1.82) is 0 Å². The number of esters is 2. The third-order valence-electron chi connectivity index (χ3n) is 3.19. The highest BCUT2D eigenvalue weighted by Crippen LogP contribution is 2.21. The highest BCUT2D eigenvalue weighted by molar-refractivity contribution is 6.00. The summed E-state index contributed by atoms with van der Waals surface area (Å²) >= 11 is 0. The number of carbonyl (C=O) groups is 2. The fourth-order valence-electron chi connectivity index (χ4n) is 2.17. The lowest BCUT2D eigenvalue weighted by Crippen LogP contribution is -2.17. The van der Waals surface area contributed by atoms with Gasteiger partial charge in [0.2, 0.25) is 0 Å². The van der Waals surface area contributed by atoms with Gasteiger partial charge in [0.15, 0.2) is 0 Å². The van der Waals surface area contributed by atoms with Gasteiger partial charge in [0, 0.05) is 11.1 Å². The number of unbranched alkanes of at least 4 members (excludes halogenated alkanes) is 3. The lowest BCUT2D eigenvalue weighted by atomic mass is 9.98. The first-order valence-corrected chi connectivity index (χ1v) is 8.18. The van der Waals surface area contributed by atoms with Crippen LogP contribution in [0.1, 0.15) is 72.6 Å². The van der Waals surface area contributed by atoms with Crippen LogP contribution in [0.3, 0.4) is 0 Å². The van der Waals surface area contributed by atoms with E-state index in [-0.39, 0.29) is 11.9 Å². The third kappa shape index (κ3) is 7.88. The van der Waals surface area contributed by atoms with Crippen LogP contribution in [0.5, 0.6) is 0 Å². The summed E-state index contributed by atoms with van der Waals surface area (Å²) in [5.74, 6) is -0.747. The van der Waals surface area contributed by atoms with Crippen molar-refractivity contribution in [2.75, 3.05) is 13.2 Å². The number of hydrogen-bond donors (Lipinski definition) is 0. The van der Waals surface area contributed by atoms with Crippen LogP contribution in [0.15, 0.2) is 11.1 Å². The molecule has 4 nitrogen and oxygen atoms in total. The lowest BCUT2D eigenvalue weighted by Gasteiger charge is -2.13. The Balaban J connectivity index is 5.16. The van der Waals surface area contributed by atoms with E-state index in [0.29, 0.717) is 37.2 Å². The van der Waals surface area contributed by atoms with Crippen LogP contribution in [0, 0.1) is 0 Å². The maximum atomic E-state index is 12.1. The highest BCUT2D eigenvalue weighted by Gasteiger charge is 2.22. The molecule has 0 aliphatic heterocycles. The van der Waals surface area contributed by atoms with Crippen molar-refractivity contribution in [3.05, 3.63) is 11.1 Å². The minimum atomic E-state index is -0.377. The molecule has 0 N–H and O–H groups in total. The molecule has 0 saturated heterocycles. The molecule has 0 aliphatic rings. The van der Waals surface area contributed by atoms with E-state index in [9.17, 15) is 9.59 Å². The van der Waals surface area contributed by atoms with Crippen LogP contribution in [0.4, 0.5) is 0 Å². The molecule has 0 atom stereocenters. The Morgan fingerprint density at radius 1 is 0.667 bits per heavy atom. The molecule has 0 rings (SSSR count). The van der Waals surface area contributed by atoms with Crippen LogP contribution in [0.25, 0.3) is 0 Å². The molecule has 0 aromatic rings. The quantitative estimate of drug-likeness (QED) is 0.326. The summed E-state index contributed by atoms with van der Waals surface area (Å²) in [5.41, 5.74) is 1.00. The first-order chi connectivity index (χ1) is 10.1. The maximum Gasteiger partial charge on any atom is 0.334 e. The first-order valence-electron chi connectivity index (χ1n) is 8.18. The van der Waals surface area contributed by atoms with Gasteiger partial charge in [0.05, 0.1) is 13.2 Å². The summed E-state index contributed by atoms with van der Waals surface area (Å²) in [4.78, 5) is 24.2. The maximum absolute atomic E-state index is 12.1. The van der Waals surface area contributed by atoms with Crippen molar-refractivity contribution >= 4 is 11.9 Å². The van der Waals surface area contributed by atoms with Crippen LogP contribution in [-0.4, -0.2) is 25.2 Å². The van der Waals surface area contributed by atoms with Crippen molar-refractivity contribution in [2.45, 2.75) is 72.6 Å². The zero-order chi connectivity index (χ0) is 16.1. The molecular weight excluding hydrogens is 268 g/mol. The van der Waals surface area contributed by atoms with Gasteiger partial charge >= 0.3 is 11.9 Å². The van der Waals surface area contributed by atoms with Gasteiger partial charge in [-0.1, -0.05) is 39.5 Å². The average molecular weight is 298 g/mol. The van der Waals surface area contributed by atoms with Gasteiger partial charge in [-0.15, -0.1) is 0 Å². The Morgan fingerprint density at radius 2 is 1.19 bits per heavy atom. The normalized spacial score (nSPS) is 11.8. The SMILES string of the molecule is CCCCCC/C(C(=O)OCC)=C(\CCC)C(=O)OCC. The monoisotopic (exact) mass is 298 g/mol. The van der Waals surface area contributed by atoms with Gasteiger partial charge in [-0.3, -0.25) is 0 Å². The van der Waals surface area contributed by atoms with Gasteiger partial charge in [-0.05, 0) is 33.1 Å². The Hall–Kier alpha value is -1.32. The average Bonchev–Trinajstić information content (AvgIpc) is 2.46. The Kier molecular flexibility index (Phi) is 11.6. The highest BCUT2D eigenvalue weighted by atomic mass is 16.5. The van der Waals surface area contributed by atoms with Crippen LogP contribution in [0.2, 0.25) is 0 Å². The zero-order valence-electron chi connectivity index (χ0n) is 14.0. The van der Waals surface area contributed by atoms with E-state index >= 15 is 0 Å². The molecule has 21 heavy (non-hydrogen) atoms. The zero-order valence-corrected chi connectivity index (χ0v) is 14.0. The van der Waals surface area contributed by atoms with E-state index in [1.165, 1.54) is 0 Å². The second-order valence-corrected chi connectivity index (χ2v) is 4.96. The Morgan fingerprint density at radius 3 is 1.62 bits per heavy atom. The molecule has 0 heterocycles. The number of ether oxygens (including phenoxy) is 2. The van der Waals surface area contributed by atoms with Crippen molar-refractivity contribution in [2.24, 2.45) is 0 Å². The second kappa shape index (κ2) is 12.4. The van der Waals surface area contributed by atoms with Crippen LogP contribution in [-0.2, 0) is 19.1 Å². The summed E-state index contributed by atoms with van der Waals surface area (Å²) in [6, 6.07) is 0. The summed E-state index contributed by atoms with van der Waals surface area (Å²) in [5, 5.41) is 0. The van der Waals surface area contributed by atoms with Crippen LogP contribution < -0.4 is 0 Å². The van der Waals surface area contributed by atoms with Crippen molar-refractivity contribution < 1.29 is 19.1 Å². The standard InChI is InChI=1S/C17H30O4/c1-5-9-10-11-13-15(17(19)21-8-4)14(12-6-2)16(18)20-7-3/h5-13H2,1-4H3/b15-14-. The van der Waals surface area contributed by atoms with E-state index in [1.807, 2.05) is 6.92 Å². The Bertz CT molecular complexity index is 345. The lowest BCUT2D eigenvalue weighted by molar-refractivity contribution is -0.142. The van der Waals surface area contributed by atoms with Gasteiger partial charge in [-0.2, -0.15) is 0 Å². The summed E-state index contributed by atoms with van der Waals surface area (Å²) < 4.78 is 10.2. The van der Waals surface area contributed by atoms with Crippen molar-refractivity contribution in [1.82, 2.24) is 0 Å². The molecule has 0 bridgehead atoms. The molecule has 0 amide bonds. The predicted molar refractivity (Wildman–Crippen MR) is 84.0 cm³/mol. The molecule has 0 aromatic carbocycles. The minimum absolute atomic E-state index is 0.317. The van der Waals surface area contributed by atoms with Crippen LogP contribution >= 0.6 is 0 Å². The fraction of sp³-hybridized carbons (Fsp3) is 0.765. The third-order valence-corrected chi connectivity index (χ3v) is 3.19. The van der Waals surface area contributed by atoms with Gasteiger partial charge in [0.25, 0.3) is 0 Å². The van der Waals surface area contributed by atoms with E-state index < -0.39 is 0 Å². The largest absolute Gasteiger partial charge is 0.463 e. The minimum Gasteiger partial charge on any atom is -0.463 e. The molecule has 0 aliphatic carbocycles. The predicted octanol–water partition coefficient (Wildman–Crippen LogP) is 4.18. The number of hydrogen-bond acceptors (Lipinski definition) is 4. The van der Waals surface area contributed by atoms with E-state index in [1.54, 1.807) is 13.8 Å². The van der Waals surface area contributed by atoms with E-state index in [0.717, 1.165) is 32.1 Å². The molecule has 122 valence electrons. The molecular formula is C17H30O4.